The fraction of sp³-hybridized carbons (Fsp3) is 0.545. The molecular weight excluding hydrogens is 524 g/mol. The molecular formula is C33H45ClN2O4. The summed E-state index contributed by atoms with van der Waals surface area (Å²) in [4.78, 5) is 15.6. The van der Waals surface area contributed by atoms with Crippen molar-refractivity contribution in [3.8, 4) is 5.75 Å². The molecule has 0 spiro atoms. The molecule has 0 fully saturated rings. The molecule has 2 aliphatic heterocycles. The minimum absolute atomic E-state index is 0.0417. The lowest BCUT2D eigenvalue weighted by Gasteiger charge is -2.39. The van der Waals surface area contributed by atoms with E-state index in [4.69, 9.17) is 21.1 Å². The standard InChI is InChI=1S/C33H45ClN2O4/c1-6-10-25-17-27(34)13-14-29(25)26-19-36-20-33(28(7-2)31(38)11-8-9-16-35(5)23(4)37)40-22(3)24-12-15-32(39-21-26)30(36)18-24/h8,11-15,17-18,22,26,28,31,33,38H,6-7,9-10,16,19-21H2,1-5H3/b11-8+. The van der Waals surface area contributed by atoms with Crippen LogP contribution in [0.25, 0.3) is 0 Å². The van der Waals surface area contributed by atoms with Gasteiger partial charge in [-0.3, -0.25) is 4.79 Å². The van der Waals surface area contributed by atoms with Crippen LogP contribution in [0.3, 0.4) is 0 Å². The van der Waals surface area contributed by atoms with Crippen molar-refractivity contribution < 1.29 is 19.4 Å². The summed E-state index contributed by atoms with van der Waals surface area (Å²) in [6, 6.07) is 12.6. The van der Waals surface area contributed by atoms with Crippen LogP contribution >= 0.6 is 11.6 Å². The number of fused-ring (bicyclic) bond motifs is 1. The molecule has 2 aliphatic rings. The zero-order valence-corrected chi connectivity index (χ0v) is 25.4. The number of ether oxygens (including phenoxy) is 2. The fourth-order valence-corrected chi connectivity index (χ4v) is 6.14. The van der Waals surface area contributed by atoms with Crippen LogP contribution in [-0.4, -0.2) is 61.4 Å². The second-order valence-electron chi connectivity index (χ2n) is 11.3. The zero-order valence-electron chi connectivity index (χ0n) is 24.6. The molecule has 1 N–H and O–H groups in total. The van der Waals surface area contributed by atoms with E-state index in [9.17, 15) is 9.90 Å². The summed E-state index contributed by atoms with van der Waals surface area (Å²) in [5.41, 5.74) is 4.78. The Balaban J connectivity index is 1.59. The van der Waals surface area contributed by atoms with E-state index in [-0.39, 0.29) is 30.0 Å². The predicted molar refractivity (Wildman–Crippen MR) is 162 cm³/mol. The largest absolute Gasteiger partial charge is 0.491 e. The minimum Gasteiger partial charge on any atom is -0.491 e. The molecule has 0 radical (unpaired) electrons. The van der Waals surface area contributed by atoms with E-state index in [0.717, 1.165) is 47.8 Å². The van der Waals surface area contributed by atoms with Gasteiger partial charge in [0.1, 0.15) is 5.75 Å². The number of anilines is 1. The van der Waals surface area contributed by atoms with Crippen LogP contribution in [0.2, 0.25) is 5.02 Å². The van der Waals surface area contributed by atoms with Gasteiger partial charge in [-0.15, -0.1) is 0 Å². The lowest BCUT2D eigenvalue weighted by atomic mass is 9.89. The van der Waals surface area contributed by atoms with Crippen LogP contribution in [0, 0.1) is 5.92 Å². The van der Waals surface area contributed by atoms with Crippen molar-refractivity contribution in [1.29, 1.82) is 0 Å². The van der Waals surface area contributed by atoms with Gasteiger partial charge in [0.2, 0.25) is 5.91 Å². The third-order valence-electron chi connectivity index (χ3n) is 8.41. The number of carbonyl (C=O) groups is 1. The van der Waals surface area contributed by atoms with E-state index in [0.29, 0.717) is 26.1 Å². The van der Waals surface area contributed by atoms with Gasteiger partial charge in [0, 0.05) is 50.5 Å². The van der Waals surface area contributed by atoms with E-state index in [1.54, 1.807) is 18.9 Å². The Labute approximate surface area is 244 Å². The maximum absolute atomic E-state index is 11.5. The lowest BCUT2D eigenvalue weighted by molar-refractivity contribution is -0.127. The summed E-state index contributed by atoms with van der Waals surface area (Å²) in [6.07, 6.45) is 6.44. The van der Waals surface area contributed by atoms with Crippen LogP contribution in [-0.2, 0) is 16.0 Å². The SMILES string of the molecule is CCCc1cc(Cl)ccc1C1COc2ccc3cc2N(C1)CC(C(CC)C(O)/C=C/CCN(C)C(C)=O)OC3C. The van der Waals surface area contributed by atoms with Gasteiger partial charge < -0.3 is 24.4 Å². The number of aliphatic hydroxyl groups is 1. The quantitative estimate of drug-likeness (QED) is 0.329. The third-order valence-corrected chi connectivity index (χ3v) is 8.64. The molecule has 2 heterocycles. The molecule has 7 heteroatoms. The number of aryl methyl sites for hydroxylation is 1. The first-order chi connectivity index (χ1) is 19.2. The molecule has 2 aromatic rings. The van der Waals surface area contributed by atoms with Gasteiger partial charge in [0.25, 0.3) is 0 Å². The first-order valence-electron chi connectivity index (χ1n) is 14.7. The van der Waals surface area contributed by atoms with Crippen molar-refractivity contribution in [2.45, 2.75) is 77.6 Å². The number of halogens is 1. The lowest BCUT2D eigenvalue weighted by Crippen LogP contribution is -2.44. The Bertz CT molecular complexity index is 1190. The molecule has 218 valence electrons. The molecule has 4 rings (SSSR count). The van der Waals surface area contributed by atoms with Gasteiger partial charge in [-0.1, -0.05) is 56.2 Å². The number of hydrogen-bond donors (Lipinski definition) is 1. The van der Waals surface area contributed by atoms with Crippen LogP contribution < -0.4 is 9.64 Å². The van der Waals surface area contributed by atoms with Crippen molar-refractivity contribution in [2.75, 3.05) is 38.2 Å². The summed E-state index contributed by atoms with van der Waals surface area (Å²) in [7, 11) is 1.79. The Kier molecular flexibility index (Phi) is 10.6. The topological polar surface area (TPSA) is 62.2 Å². The van der Waals surface area contributed by atoms with Crippen molar-refractivity contribution in [3.05, 3.63) is 70.3 Å². The smallest absolute Gasteiger partial charge is 0.219 e. The van der Waals surface area contributed by atoms with Gasteiger partial charge in [0.15, 0.2) is 0 Å². The Morgan fingerprint density at radius 1 is 1.23 bits per heavy atom. The average Bonchev–Trinajstić information content (AvgIpc) is 3.09. The summed E-state index contributed by atoms with van der Waals surface area (Å²) < 4.78 is 13.1. The molecule has 0 aromatic heterocycles. The van der Waals surface area contributed by atoms with Crippen molar-refractivity contribution >= 4 is 23.2 Å². The van der Waals surface area contributed by atoms with Crippen LogP contribution in [0.15, 0.2) is 48.6 Å². The highest BCUT2D eigenvalue weighted by Crippen LogP contribution is 2.41. The second kappa shape index (κ2) is 13.9. The van der Waals surface area contributed by atoms with Crippen molar-refractivity contribution in [1.82, 2.24) is 4.90 Å². The second-order valence-corrected chi connectivity index (χ2v) is 11.7. The summed E-state index contributed by atoms with van der Waals surface area (Å²) >= 11 is 6.38. The number of aliphatic hydroxyl groups excluding tert-OH is 1. The Hall–Kier alpha value is -2.54. The zero-order chi connectivity index (χ0) is 28.8. The molecule has 0 aliphatic carbocycles. The van der Waals surface area contributed by atoms with E-state index >= 15 is 0 Å². The fourth-order valence-electron chi connectivity index (χ4n) is 5.95. The van der Waals surface area contributed by atoms with E-state index in [1.165, 1.54) is 11.1 Å². The highest BCUT2D eigenvalue weighted by Gasteiger charge is 2.35. The predicted octanol–water partition coefficient (Wildman–Crippen LogP) is 6.55. The monoisotopic (exact) mass is 568 g/mol. The third kappa shape index (κ3) is 7.20. The van der Waals surface area contributed by atoms with E-state index in [1.807, 2.05) is 18.2 Å². The number of nitrogens with zero attached hydrogens (tertiary/aromatic N) is 2. The van der Waals surface area contributed by atoms with Gasteiger partial charge >= 0.3 is 0 Å². The van der Waals surface area contributed by atoms with Crippen LogP contribution in [0.4, 0.5) is 5.69 Å². The summed E-state index contributed by atoms with van der Waals surface area (Å²) in [5.74, 6) is 1.04. The van der Waals surface area contributed by atoms with Gasteiger partial charge in [0.05, 0.1) is 30.6 Å². The highest BCUT2D eigenvalue weighted by atomic mass is 35.5. The average molecular weight is 569 g/mol. The molecule has 2 bridgehead atoms. The summed E-state index contributed by atoms with van der Waals surface area (Å²) in [5, 5.41) is 12.0. The number of benzene rings is 2. The van der Waals surface area contributed by atoms with Crippen LogP contribution in [0.5, 0.6) is 5.75 Å². The van der Waals surface area contributed by atoms with Crippen molar-refractivity contribution in [3.63, 3.8) is 0 Å². The summed E-state index contributed by atoms with van der Waals surface area (Å²) in [6.45, 7) is 10.6. The molecule has 0 saturated carbocycles. The first kappa shape index (κ1) is 30.4. The Morgan fingerprint density at radius 2 is 2.02 bits per heavy atom. The van der Waals surface area contributed by atoms with Gasteiger partial charge in [-0.25, -0.2) is 0 Å². The van der Waals surface area contributed by atoms with Gasteiger partial charge in [-0.05, 0) is 67.1 Å². The highest BCUT2D eigenvalue weighted by molar-refractivity contribution is 6.30. The number of carbonyl (C=O) groups excluding carboxylic acids is 1. The number of amides is 1. The van der Waals surface area contributed by atoms with E-state index in [2.05, 4.69) is 56.0 Å². The van der Waals surface area contributed by atoms with Crippen LogP contribution in [0.1, 0.15) is 75.7 Å². The molecule has 6 nitrogen and oxygen atoms in total. The maximum Gasteiger partial charge on any atom is 0.219 e. The number of hydrogen-bond acceptors (Lipinski definition) is 5. The molecule has 5 unspecified atom stereocenters. The van der Waals surface area contributed by atoms with Gasteiger partial charge in [-0.2, -0.15) is 0 Å². The molecule has 1 amide bonds. The molecule has 0 saturated heterocycles. The first-order valence-corrected chi connectivity index (χ1v) is 15.1. The molecule has 5 atom stereocenters. The van der Waals surface area contributed by atoms with Crippen molar-refractivity contribution in [2.24, 2.45) is 5.92 Å². The number of rotatable bonds is 10. The van der Waals surface area contributed by atoms with E-state index < -0.39 is 6.10 Å². The minimum atomic E-state index is -0.645. The Morgan fingerprint density at radius 3 is 2.75 bits per heavy atom. The normalized spacial score (nSPS) is 22.2. The maximum atomic E-state index is 11.5. The molecule has 2 aromatic carbocycles. The molecule has 40 heavy (non-hydrogen) atoms.